The van der Waals surface area contributed by atoms with E-state index in [9.17, 15) is 4.79 Å². The third kappa shape index (κ3) is 2.21. The Morgan fingerprint density at radius 3 is 2.73 bits per heavy atom. The highest BCUT2D eigenvalue weighted by atomic mass is 16.2. The first kappa shape index (κ1) is 10.2. The minimum Gasteiger partial charge on any atom is -0.304 e. The van der Waals surface area contributed by atoms with Gasteiger partial charge in [0.05, 0.1) is 5.54 Å². The fourth-order valence-corrected chi connectivity index (χ4v) is 1.90. The second-order valence-electron chi connectivity index (χ2n) is 4.25. The van der Waals surface area contributed by atoms with Gasteiger partial charge >= 0.3 is 0 Å². The van der Waals surface area contributed by atoms with Crippen molar-refractivity contribution in [1.82, 2.24) is 9.99 Å². The fourth-order valence-electron chi connectivity index (χ4n) is 1.90. The van der Waals surface area contributed by atoms with Gasteiger partial charge in [-0.1, -0.05) is 0 Å². The van der Waals surface area contributed by atoms with Gasteiger partial charge < -0.3 is 5.32 Å². The Morgan fingerprint density at radius 1 is 1.40 bits per heavy atom. The third-order valence-corrected chi connectivity index (χ3v) is 2.95. The lowest BCUT2D eigenvalue weighted by molar-refractivity contribution is -0.123. The first-order chi connectivity index (χ1) is 7.21. The Kier molecular flexibility index (Phi) is 2.77. The lowest BCUT2D eigenvalue weighted by Crippen LogP contribution is -2.55. The van der Waals surface area contributed by atoms with Crippen LogP contribution in [0.25, 0.3) is 0 Å². The predicted molar refractivity (Wildman–Crippen MR) is 59.1 cm³/mol. The van der Waals surface area contributed by atoms with E-state index in [-0.39, 0.29) is 5.91 Å². The van der Waals surface area contributed by atoms with Crippen LogP contribution in [-0.4, -0.2) is 22.7 Å². The summed E-state index contributed by atoms with van der Waals surface area (Å²) in [7, 11) is 0. The van der Waals surface area contributed by atoms with Crippen molar-refractivity contribution in [1.29, 1.82) is 0 Å². The van der Waals surface area contributed by atoms with Gasteiger partial charge in [-0.05, 0) is 44.9 Å². The molecule has 15 heavy (non-hydrogen) atoms. The van der Waals surface area contributed by atoms with Gasteiger partial charge in [-0.25, -0.2) is 0 Å². The Bertz CT molecular complexity index is 326. The van der Waals surface area contributed by atoms with Gasteiger partial charge in [0.2, 0.25) is 0 Å². The Balaban J connectivity index is 2.00. The summed E-state index contributed by atoms with van der Waals surface area (Å²) in [5.74, 6) is 0.0402. The molecule has 0 spiro atoms. The number of aromatic nitrogens is 1. The number of nitrogens with one attached hydrogen (secondary N) is 2. The SMILES string of the molecule is CC1(C(=O)Nn2cccc2)CCCCN1. The van der Waals surface area contributed by atoms with Crippen molar-refractivity contribution < 1.29 is 4.79 Å². The van der Waals surface area contributed by atoms with Crippen LogP contribution in [0.2, 0.25) is 0 Å². The van der Waals surface area contributed by atoms with Crippen LogP contribution in [0, 0.1) is 0 Å². The summed E-state index contributed by atoms with van der Waals surface area (Å²) < 4.78 is 1.68. The van der Waals surface area contributed by atoms with E-state index in [2.05, 4.69) is 10.7 Å². The summed E-state index contributed by atoms with van der Waals surface area (Å²) in [5.41, 5.74) is 2.43. The minimum atomic E-state index is -0.414. The molecule has 1 aromatic heterocycles. The zero-order chi connectivity index (χ0) is 10.7. The van der Waals surface area contributed by atoms with E-state index < -0.39 is 5.54 Å². The van der Waals surface area contributed by atoms with Gasteiger partial charge in [-0.15, -0.1) is 0 Å². The van der Waals surface area contributed by atoms with Crippen LogP contribution in [0.4, 0.5) is 0 Å². The maximum absolute atomic E-state index is 12.0. The van der Waals surface area contributed by atoms with E-state index in [4.69, 9.17) is 0 Å². The molecule has 0 aliphatic carbocycles. The molecule has 4 nitrogen and oxygen atoms in total. The Hall–Kier alpha value is -1.29. The van der Waals surface area contributed by atoms with E-state index in [0.717, 1.165) is 25.8 Å². The molecule has 0 bridgehead atoms. The average molecular weight is 207 g/mol. The topological polar surface area (TPSA) is 46.1 Å². The molecule has 1 aliphatic heterocycles. The molecular weight excluding hydrogens is 190 g/mol. The normalized spacial score (nSPS) is 26.2. The van der Waals surface area contributed by atoms with E-state index in [0.29, 0.717) is 0 Å². The lowest BCUT2D eigenvalue weighted by atomic mass is 9.90. The molecule has 0 aromatic carbocycles. The summed E-state index contributed by atoms with van der Waals surface area (Å²) in [6, 6.07) is 3.77. The largest absolute Gasteiger partial charge is 0.304 e. The molecule has 1 amide bonds. The van der Waals surface area contributed by atoms with Crippen LogP contribution in [0.5, 0.6) is 0 Å². The molecule has 0 radical (unpaired) electrons. The first-order valence-corrected chi connectivity index (χ1v) is 5.40. The van der Waals surface area contributed by atoms with Crippen molar-refractivity contribution in [3.8, 4) is 0 Å². The monoisotopic (exact) mass is 207 g/mol. The summed E-state index contributed by atoms with van der Waals surface area (Å²) in [5, 5.41) is 3.28. The van der Waals surface area contributed by atoms with Crippen molar-refractivity contribution >= 4 is 5.91 Å². The molecule has 4 heteroatoms. The average Bonchev–Trinajstić information content (AvgIpc) is 2.71. The first-order valence-electron chi connectivity index (χ1n) is 5.40. The number of rotatable bonds is 2. The minimum absolute atomic E-state index is 0.0402. The van der Waals surface area contributed by atoms with Crippen molar-refractivity contribution in [2.45, 2.75) is 31.7 Å². The molecule has 82 valence electrons. The van der Waals surface area contributed by atoms with Crippen LogP contribution < -0.4 is 10.7 Å². The molecule has 2 heterocycles. The van der Waals surface area contributed by atoms with Gasteiger partial charge in [0, 0.05) is 12.4 Å². The maximum Gasteiger partial charge on any atom is 0.258 e. The third-order valence-electron chi connectivity index (χ3n) is 2.95. The molecule has 1 saturated heterocycles. The van der Waals surface area contributed by atoms with Crippen LogP contribution in [-0.2, 0) is 4.79 Å². The highest BCUT2D eigenvalue weighted by molar-refractivity contribution is 5.92. The highest BCUT2D eigenvalue weighted by Gasteiger charge is 2.34. The molecule has 1 aliphatic rings. The molecule has 1 unspecified atom stereocenters. The second kappa shape index (κ2) is 4.06. The molecule has 1 fully saturated rings. The van der Waals surface area contributed by atoms with Crippen LogP contribution in [0.15, 0.2) is 24.5 Å². The summed E-state index contributed by atoms with van der Waals surface area (Å²) in [6.07, 6.45) is 6.82. The number of carbonyl (C=O) groups excluding carboxylic acids is 1. The van der Waals surface area contributed by atoms with E-state index >= 15 is 0 Å². The van der Waals surface area contributed by atoms with Gasteiger partial charge in [0.15, 0.2) is 0 Å². The van der Waals surface area contributed by atoms with Gasteiger partial charge in [-0.3, -0.25) is 14.9 Å². The highest BCUT2D eigenvalue weighted by Crippen LogP contribution is 2.18. The second-order valence-corrected chi connectivity index (χ2v) is 4.25. The van der Waals surface area contributed by atoms with Crippen molar-refractivity contribution in [3.63, 3.8) is 0 Å². The summed E-state index contributed by atoms with van der Waals surface area (Å²) in [6.45, 7) is 2.89. The van der Waals surface area contributed by atoms with E-state index in [1.54, 1.807) is 4.68 Å². The lowest BCUT2D eigenvalue weighted by Gasteiger charge is -2.33. The number of piperidine rings is 1. The van der Waals surface area contributed by atoms with Gasteiger partial charge in [-0.2, -0.15) is 0 Å². The smallest absolute Gasteiger partial charge is 0.258 e. The van der Waals surface area contributed by atoms with E-state index in [1.165, 1.54) is 0 Å². The van der Waals surface area contributed by atoms with Crippen LogP contribution >= 0.6 is 0 Å². The zero-order valence-electron chi connectivity index (χ0n) is 8.99. The Labute approximate surface area is 89.6 Å². The van der Waals surface area contributed by atoms with Crippen molar-refractivity contribution in [2.24, 2.45) is 0 Å². The molecule has 2 rings (SSSR count). The number of hydrogen-bond donors (Lipinski definition) is 2. The molecular formula is C11H17N3O. The standard InChI is InChI=1S/C11H17N3O/c1-11(6-2-3-7-12-11)10(15)13-14-8-4-5-9-14/h4-5,8-9,12H,2-3,6-7H2,1H3,(H,13,15). The molecule has 1 aromatic rings. The van der Waals surface area contributed by atoms with Crippen LogP contribution in [0.1, 0.15) is 26.2 Å². The Morgan fingerprint density at radius 2 is 2.13 bits per heavy atom. The summed E-state index contributed by atoms with van der Waals surface area (Å²) in [4.78, 5) is 12.0. The quantitative estimate of drug-likeness (QED) is 0.762. The zero-order valence-corrected chi connectivity index (χ0v) is 8.99. The van der Waals surface area contributed by atoms with Crippen molar-refractivity contribution in [2.75, 3.05) is 12.0 Å². The van der Waals surface area contributed by atoms with Gasteiger partial charge in [0.1, 0.15) is 0 Å². The number of carbonyl (C=O) groups is 1. The number of nitrogens with zero attached hydrogens (tertiary/aromatic N) is 1. The number of hydrogen-bond acceptors (Lipinski definition) is 2. The van der Waals surface area contributed by atoms with Crippen LogP contribution in [0.3, 0.4) is 0 Å². The van der Waals surface area contributed by atoms with E-state index in [1.807, 2.05) is 31.5 Å². The molecule has 0 saturated carbocycles. The summed E-state index contributed by atoms with van der Waals surface area (Å²) >= 11 is 0. The fraction of sp³-hybridized carbons (Fsp3) is 0.545. The predicted octanol–water partition coefficient (Wildman–Crippen LogP) is 1.09. The number of amides is 1. The molecule has 2 N–H and O–H groups in total. The van der Waals surface area contributed by atoms with Gasteiger partial charge in [0.25, 0.3) is 5.91 Å². The van der Waals surface area contributed by atoms with Crippen molar-refractivity contribution in [3.05, 3.63) is 24.5 Å². The molecule has 1 atom stereocenters. The maximum atomic E-state index is 12.0.